The second-order valence-electron chi connectivity index (χ2n) is 9.83. The van der Waals surface area contributed by atoms with Gasteiger partial charge in [-0.25, -0.2) is 18.2 Å². The van der Waals surface area contributed by atoms with Gasteiger partial charge in [-0.05, 0) is 49.9 Å². The van der Waals surface area contributed by atoms with Crippen molar-refractivity contribution < 1.29 is 27.5 Å². The number of pyridine rings is 1. The molecule has 1 aromatic carbocycles. The molecule has 0 saturated carbocycles. The molecule has 0 radical (unpaired) electrons. The van der Waals surface area contributed by atoms with Crippen molar-refractivity contribution in [3.8, 4) is 6.07 Å². The molecule has 1 aromatic heterocycles. The Morgan fingerprint density at radius 1 is 1.20 bits per heavy atom. The minimum absolute atomic E-state index is 0.0346. The molecule has 1 N–H and O–H groups in total. The van der Waals surface area contributed by atoms with Crippen molar-refractivity contribution in [3.63, 3.8) is 0 Å². The summed E-state index contributed by atoms with van der Waals surface area (Å²) in [4.78, 5) is 45.9. The number of hydrogen-bond acceptors (Lipinski definition) is 9. The summed E-state index contributed by atoms with van der Waals surface area (Å²) in [5, 5.41) is 10.4. The van der Waals surface area contributed by atoms with Crippen molar-refractivity contribution in [1.82, 2.24) is 14.6 Å². The van der Waals surface area contributed by atoms with Gasteiger partial charge in [0.25, 0.3) is 0 Å². The summed E-state index contributed by atoms with van der Waals surface area (Å²) in [6.07, 6.45) is 1.77. The van der Waals surface area contributed by atoms with Crippen LogP contribution in [0.2, 0.25) is 10.0 Å². The summed E-state index contributed by atoms with van der Waals surface area (Å²) in [6.45, 7) is 3.12. The van der Waals surface area contributed by atoms with E-state index in [9.17, 15) is 28.1 Å². The van der Waals surface area contributed by atoms with Crippen molar-refractivity contribution in [2.24, 2.45) is 5.92 Å². The second kappa shape index (κ2) is 13.1. The number of nitriles is 1. The van der Waals surface area contributed by atoms with Gasteiger partial charge in [-0.3, -0.25) is 14.3 Å². The SMILES string of the molecule is CCOC(=O)c1cc(C#N)c(N2CCC(C(=O)NS(=O)(=O)Cc3ccc(Cl)cc3Cl)CC2)nc1CN1CCCC1=O. The maximum Gasteiger partial charge on any atom is 0.340 e. The summed E-state index contributed by atoms with van der Waals surface area (Å²) < 4.78 is 32.6. The van der Waals surface area contributed by atoms with Crippen LogP contribution < -0.4 is 9.62 Å². The first kappa shape index (κ1) is 30.6. The van der Waals surface area contributed by atoms with Gasteiger partial charge in [-0.1, -0.05) is 29.3 Å². The number of piperidine rings is 1. The number of ether oxygens (including phenoxy) is 1. The van der Waals surface area contributed by atoms with Crippen LogP contribution in [0, 0.1) is 17.2 Å². The summed E-state index contributed by atoms with van der Waals surface area (Å²) in [5.74, 6) is -1.99. The Bertz CT molecular complexity index is 1500. The van der Waals surface area contributed by atoms with E-state index in [1.165, 1.54) is 24.3 Å². The van der Waals surface area contributed by atoms with Crippen molar-refractivity contribution in [1.29, 1.82) is 5.26 Å². The number of benzene rings is 1. The molecular formula is C27H29Cl2N5O6S. The number of rotatable bonds is 9. The van der Waals surface area contributed by atoms with Crippen LogP contribution in [0.4, 0.5) is 5.82 Å². The molecule has 0 aliphatic carbocycles. The van der Waals surface area contributed by atoms with Gasteiger partial charge < -0.3 is 14.5 Å². The molecule has 41 heavy (non-hydrogen) atoms. The molecule has 0 bridgehead atoms. The van der Waals surface area contributed by atoms with Crippen molar-refractivity contribution in [3.05, 3.63) is 56.7 Å². The zero-order valence-corrected chi connectivity index (χ0v) is 24.7. The number of nitrogens with one attached hydrogen (secondary N) is 1. The number of halogens is 2. The smallest absolute Gasteiger partial charge is 0.340 e. The van der Waals surface area contributed by atoms with Crippen LogP contribution in [0.15, 0.2) is 24.3 Å². The van der Waals surface area contributed by atoms with Crippen molar-refractivity contribution in [2.45, 2.75) is 44.9 Å². The summed E-state index contributed by atoms with van der Waals surface area (Å²) >= 11 is 12.0. The highest BCUT2D eigenvalue weighted by Gasteiger charge is 2.31. The minimum atomic E-state index is -4.01. The Balaban J connectivity index is 1.47. The maximum atomic E-state index is 12.8. The predicted octanol–water partition coefficient (Wildman–Crippen LogP) is 3.42. The van der Waals surface area contributed by atoms with Crippen LogP contribution in [-0.4, -0.2) is 62.3 Å². The molecule has 2 fully saturated rings. The van der Waals surface area contributed by atoms with Gasteiger partial charge in [0, 0.05) is 42.0 Å². The quantitative estimate of drug-likeness (QED) is 0.415. The summed E-state index contributed by atoms with van der Waals surface area (Å²) in [7, 11) is -4.01. The molecule has 4 rings (SSSR count). The largest absolute Gasteiger partial charge is 0.462 e. The maximum absolute atomic E-state index is 12.8. The van der Waals surface area contributed by atoms with Gasteiger partial charge in [0.05, 0.1) is 35.7 Å². The zero-order valence-electron chi connectivity index (χ0n) is 22.4. The number of esters is 1. The zero-order chi connectivity index (χ0) is 29.7. The Morgan fingerprint density at radius 3 is 2.54 bits per heavy atom. The van der Waals surface area contributed by atoms with E-state index in [2.05, 4.69) is 15.8 Å². The fourth-order valence-corrected chi connectivity index (χ4v) is 6.65. The van der Waals surface area contributed by atoms with Crippen LogP contribution >= 0.6 is 23.2 Å². The van der Waals surface area contributed by atoms with Crippen molar-refractivity contribution in [2.75, 3.05) is 31.1 Å². The fraction of sp³-hybridized carbons (Fsp3) is 0.444. The van der Waals surface area contributed by atoms with Crippen LogP contribution in [0.5, 0.6) is 0 Å². The molecule has 11 nitrogen and oxygen atoms in total. The van der Waals surface area contributed by atoms with Crippen LogP contribution in [0.1, 0.15) is 59.8 Å². The highest BCUT2D eigenvalue weighted by atomic mass is 35.5. The molecule has 0 atom stereocenters. The average molecular weight is 623 g/mol. The Hall–Kier alpha value is -3.40. The summed E-state index contributed by atoms with van der Waals surface area (Å²) in [6, 6.07) is 7.97. The Labute approximate surface area is 248 Å². The van der Waals surface area contributed by atoms with Gasteiger partial charge in [0.15, 0.2) is 0 Å². The molecule has 2 amide bonds. The van der Waals surface area contributed by atoms with Crippen LogP contribution in [-0.2, 0) is 36.6 Å². The third-order valence-corrected chi connectivity index (χ3v) is 8.78. The second-order valence-corrected chi connectivity index (χ2v) is 12.4. The number of carbonyl (C=O) groups is 3. The van der Waals surface area contributed by atoms with Gasteiger partial charge >= 0.3 is 5.97 Å². The van der Waals surface area contributed by atoms with E-state index < -0.39 is 33.6 Å². The van der Waals surface area contributed by atoms with Crippen LogP contribution in [0.3, 0.4) is 0 Å². The molecular weight excluding hydrogens is 593 g/mol. The topological polar surface area (TPSA) is 150 Å². The fourth-order valence-electron chi connectivity index (χ4n) is 4.89. The normalized spacial score (nSPS) is 16.0. The first-order chi connectivity index (χ1) is 19.5. The predicted molar refractivity (Wildman–Crippen MR) is 152 cm³/mol. The molecule has 14 heteroatoms. The van der Waals surface area contributed by atoms with E-state index >= 15 is 0 Å². The molecule has 0 spiro atoms. The number of hydrogen-bond donors (Lipinski definition) is 1. The Morgan fingerprint density at radius 2 is 1.93 bits per heavy atom. The molecule has 218 valence electrons. The molecule has 2 saturated heterocycles. The first-order valence-electron chi connectivity index (χ1n) is 13.1. The van der Waals surface area contributed by atoms with E-state index in [0.717, 1.165) is 6.42 Å². The molecule has 2 aliphatic heterocycles. The molecule has 2 aromatic rings. The van der Waals surface area contributed by atoms with Crippen molar-refractivity contribution >= 4 is 56.8 Å². The lowest BCUT2D eigenvalue weighted by Crippen LogP contribution is -2.43. The standard InChI is InChI=1S/C27H29Cl2N5O6S/c1-2-40-27(37)21-12-19(14-30)25(31-23(21)15-34-9-3-4-24(34)35)33-10-7-17(8-11-33)26(36)32-41(38,39)16-18-5-6-20(28)13-22(18)29/h5-6,12-13,17H,2-4,7-11,15-16H2,1H3,(H,32,36). The van der Waals surface area contributed by atoms with E-state index in [1.807, 2.05) is 4.90 Å². The minimum Gasteiger partial charge on any atom is -0.462 e. The average Bonchev–Trinajstić information content (AvgIpc) is 3.34. The highest BCUT2D eigenvalue weighted by Crippen LogP contribution is 2.29. The third-order valence-electron chi connectivity index (χ3n) is 6.99. The molecule has 2 aliphatic rings. The number of sulfonamides is 1. The van der Waals surface area contributed by atoms with Gasteiger partial charge in [0.2, 0.25) is 21.8 Å². The number of amides is 2. The van der Waals surface area contributed by atoms with E-state index in [0.29, 0.717) is 61.0 Å². The Kier molecular flexibility index (Phi) is 9.73. The molecule has 3 heterocycles. The summed E-state index contributed by atoms with van der Waals surface area (Å²) in [5.41, 5.74) is 0.945. The number of aromatic nitrogens is 1. The monoisotopic (exact) mass is 621 g/mol. The number of carbonyl (C=O) groups excluding carboxylic acids is 3. The van der Waals surface area contributed by atoms with E-state index in [1.54, 1.807) is 11.8 Å². The first-order valence-corrected chi connectivity index (χ1v) is 15.5. The lowest BCUT2D eigenvalue weighted by atomic mass is 9.96. The van der Waals surface area contributed by atoms with Gasteiger partial charge in [-0.2, -0.15) is 5.26 Å². The third kappa shape index (κ3) is 7.47. The van der Waals surface area contributed by atoms with Gasteiger partial charge in [0.1, 0.15) is 11.9 Å². The van der Waals surface area contributed by atoms with Crippen LogP contribution in [0.25, 0.3) is 0 Å². The number of anilines is 1. The molecule has 0 unspecified atom stereocenters. The van der Waals surface area contributed by atoms with Gasteiger partial charge in [-0.15, -0.1) is 0 Å². The lowest BCUT2D eigenvalue weighted by molar-refractivity contribution is -0.128. The van der Waals surface area contributed by atoms with E-state index in [4.69, 9.17) is 27.9 Å². The lowest BCUT2D eigenvalue weighted by Gasteiger charge is -2.33. The highest BCUT2D eigenvalue weighted by molar-refractivity contribution is 7.89. The number of nitrogens with zero attached hydrogens (tertiary/aromatic N) is 4. The number of likely N-dealkylation sites (tertiary alicyclic amines) is 1. The van der Waals surface area contributed by atoms with E-state index in [-0.39, 0.29) is 35.2 Å².